The molecule has 1 saturated heterocycles. The molecule has 0 spiro atoms. The van der Waals surface area contributed by atoms with Gasteiger partial charge in [0, 0.05) is 29.8 Å². The van der Waals surface area contributed by atoms with Crippen LogP contribution < -0.4 is 5.73 Å². The summed E-state index contributed by atoms with van der Waals surface area (Å²) < 4.78 is 0.367. The highest BCUT2D eigenvalue weighted by atomic mass is 32.2. The maximum absolute atomic E-state index is 8.71. The molecule has 5 nitrogen and oxygen atoms in total. The molecular weight excluding hydrogens is 272 g/mol. The van der Waals surface area contributed by atoms with E-state index < -0.39 is 0 Å². The Hall–Kier alpha value is -1.27. The molecule has 0 saturated carbocycles. The molecule has 3 N–H and O–H groups in total. The van der Waals surface area contributed by atoms with Crippen LogP contribution >= 0.6 is 11.8 Å². The molecule has 110 valence electrons. The molecule has 1 fully saturated rings. The van der Waals surface area contributed by atoms with Crippen molar-refractivity contribution in [3.63, 3.8) is 0 Å². The summed E-state index contributed by atoms with van der Waals surface area (Å²) in [7, 11) is 0. The normalized spacial score (nSPS) is 20.6. The molecule has 0 radical (unpaired) electrons. The van der Waals surface area contributed by atoms with Crippen LogP contribution in [0.3, 0.4) is 0 Å². The van der Waals surface area contributed by atoms with E-state index in [1.807, 2.05) is 23.9 Å². The number of aromatic nitrogens is 1. The van der Waals surface area contributed by atoms with Crippen LogP contribution in [-0.4, -0.2) is 44.5 Å². The van der Waals surface area contributed by atoms with Crippen LogP contribution in [0.25, 0.3) is 0 Å². The maximum atomic E-state index is 8.71. The third-order valence-corrected chi connectivity index (χ3v) is 4.90. The number of rotatable bonds is 3. The summed E-state index contributed by atoms with van der Waals surface area (Å²) in [5.41, 5.74) is 7.24. The van der Waals surface area contributed by atoms with Gasteiger partial charge in [-0.2, -0.15) is 11.8 Å². The van der Waals surface area contributed by atoms with Crippen LogP contribution in [0.1, 0.15) is 31.5 Å². The second-order valence-electron chi connectivity index (χ2n) is 5.67. The van der Waals surface area contributed by atoms with Gasteiger partial charge in [0.05, 0.1) is 0 Å². The topological polar surface area (TPSA) is 74.7 Å². The Morgan fingerprint density at radius 3 is 3.10 bits per heavy atom. The zero-order valence-corrected chi connectivity index (χ0v) is 12.9. The van der Waals surface area contributed by atoms with E-state index in [0.717, 1.165) is 31.0 Å². The van der Waals surface area contributed by atoms with E-state index in [1.54, 1.807) is 6.20 Å². The van der Waals surface area contributed by atoms with Gasteiger partial charge in [-0.05, 0) is 30.7 Å². The van der Waals surface area contributed by atoms with Crippen molar-refractivity contribution < 1.29 is 5.21 Å². The van der Waals surface area contributed by atoms with Crippen LogP contribution in [0.2, 0.25) is 0 Å². The first kappa shape index (κ1) is 15.1. The van der Waals surface area contributed by atoms with E-state index >= 15 is 0 Å². The summed E-state index contributed by atoms with van der Waals surface area (Å²) in [6.07, 6.45) is 2.90. The van der Waals surface area contributed by atoms with E-state index in [9.17, 15) is 0 Å². The van der Waals surface area contributed by atoms with Gasteiger partial charge in [-0.15, -0.1) is 0 Å². The Morgan fingerprint density at radius 1 is 1.55 bits per heavy atom. The summed E-state index contributed by atoms with van der Waals surface area (Å²) in [5, 5.41) is 11.7. The van der Waals surface area contributed by atoms with Gasteiger partial charge in [-0.25, -0.2) is 0 Å². The summed E-state index contributed by atoms with van der Waals surface area (Å²) in [5.74, 6) is 1.21. The molecule has 1 aliphatic rings. The van der Waals surface area contributed by atoms with Crippen LogP contribution in [0.5, 0.6) is 0 Å². The van der Waals surface area contributed by atoms with Gasteiger partial charge in [-0.3, -0.25) is 9.88 Å². The van der Waals surface area contributed by atoms with Crippen molar-refractivity contribution >= 4 is 17.6 Å². The fourth-order valence-corrected chi connectivity index (χ4v) is 3.38. The van der Waals surface area contributed by atoms with Crippen molar-refractivity contribution in [1.82, 2.24) is 9.88 Å². The smallest absolute Gasteiger partial charge is 0.188 e. The first-order valence-corrected chi connectivity index (χ1v) is 7.78. The van der Waals surface area contributed by atoms with Gasteiger partial charge in [0.25, 0.3) is 0 Å². The Labute approximate surface area is 124 Å². The summed E-state index contributed by atoms with van der Waals surface area (Å²) in [4.78, 5) is 6.56. The third-order valence-electron chi connectivity index (χ3n) is 3.53. The number of thioether (sulfide) groups is 1. The standard InChI is InChI=1S/C14H22N4OS/c1-14(2)4-6-18(7-8-20-14)10-11-3-5-16-12(9-11)13(15)17-19/h3,5,9,19H,4,6-8,10H2,1-2H3,(H2,15,17). The zero-order chi connectivity index (χ0) is 14.6. The lowest BCUT2D eigenvalue weighted by Crippen LogP contribution is -2.27. The number of amidine groups is 1. The molecule has 0 unspecified atom stereocenters. The average molecular weight is 294 g/mol. The van der Waals surface area contributed by atoms with E-state index in [1.165, 1.54) is 6.42 Å². The lowest BCUT2D eigenvalue weighted by molar-refractivity contribution is 0.276. The van der Waals surface area contributed by atoms with Gasteiger partial charge in [0.15, 0.2) is 5.84 Å². The molecule has 20 heavy (non-hydrogen) atoms. The Bertz CT molecular complexity index is 490. The van der Waals surface area contributed by atoms with Crippen molar-refractivity contribution in [2.24, 2.45) is 10.9 Å². The Morgan fingerprint density at radius 2 is 2.35 bits per heavy atom. The van der Waals surface area contributed by atoms with Crippen molar-refractivity contribution in [2.45, 2.75) is 31.6 Å². The minimum Gasteiger partial charge on any atom is -0.409 e. The molecule has 0 amide bonds. The highest BCUT2D eigenvalue weighted by molar-refractivity contribution is 8.00. The molecule has 2 heterocycles. The van der Waals surface area contributed by atoms with Crippen LogP contribution in [-0.2, 0) is 6.54 Å². The molecule has 0 aliphatic carbocycles. The lowest BCUT2D eigenvalue weighted by atomic mass is 10.1. The fraction of sp³-hybridized carbons (Fsp3) is 0.571. The van der Waals surface area contributed by atoms with Gasteiger partial charge in [0.2, 0.25) is 0 Å². The lowest BCUT2D eigenvalue weighted by Gasteiger charge is -2.22. The maximum Gasteiger partial charge on any atom is 0.188 e. The van der Waals surface area contributed by atoms with E-state index in [4.69, 9.17) is 10.9 Å². The number of hydrogen-bond donors (Lipinski definition) is 2. The van der Waals surface area contributed by atoms with Gasteiger partial charge in [-0.1, -0.05) is 19.0 Å². The number of nitrogens with zero attached hydrogens (tertiary/aromatic N) is 3. The van der Waals surface area contributed by atoms with Crippen LogP contribution in [0.15, 0.2) is 23.5 Å². The summed E-state index contributed by atoms with van der Waals surface area (Å²) in [6, 6.07) is 3.87. The molecule has 0 atom stereocenters. The molecule has 6 heteroatoms. The highest BCUT2D eigenvalue weighted by Crippen LogP contribution is 2.31. The van der Waals surface area contributed by atoms with Crippen molar-refractivity contribution in [2.75, 3.05) is 18.8 Å². The molecule has 0 bridgehead atoms. The Balaban J connectivity index is 2.03. The molecule has 0 aromatic carbocycles. The molecule has 1 aromatic rings. The number of pyridine rings is 1. The van der Waals surface area contributed by atoms with Crippen LogP contribution in [0.4, 0.5) is 0 Å². The first-order chi connectivity index (χ1) is 9.50. The molecule has 1 aromatic heterocycles. The fourth-order valence-electron chi connectivity index (χ4n) is 2.24. The van der Waals surface area contributed by atoms with Crippen molar-refractivity contribution in [3.05, 3.63) is 29.6 Å². The van der Waals surface area contributed by atoms with Gasteiger partial charge in [0.1, 0.15) is 5.69 Å². The zero-order valence-electron chi connectivity index (χ0n) is 12.0. The summed E-state index contributed by atoms with van der Waals surface area (Å²) in [6.45, 7) is 7.69. The molecule has 1 aliphatic heterocycles. The SMILES string of the molecule is CC1(C)CCN(Cc2ccnc(/C(N)=N/O)c2)CCS1. The highest BCUT2D eigenvalue weighted by Gasteiger charge is 2.23. The van der Waals surface area contributed by atoms with Crippen molar-refractivity contribution in [1.29, 1.82) is 0 Å². The van der Waals surface area contributed by atoms with Crippen LogP contribution in [0, 0.1) is 0 Å². The summed E-state index contributed by atoms with van der Waals surface area (Å²) >= 11 is 2.04. The number of nitrogens with two attached hydrogens (primary N) is 1. The average Bonchev–Trinajstić information content (AvgIpc) is 2.60. The Kier molecular flexibility index (Phi) is 4.88. The third kappa shape index (κ3) is 4.11. The first-order valence-electron chi connectivity index (χ1n) is 6.79. The minimum atomic E-state index is 0.0550. The predicted molar refractivity (Wildman–Crippen MR) is 83.2 cm³/mol. The van der Waals surface area contributed by atoms with Crippen molar-refractivity contribution in [3.8, 4) is 0 Å². The van der Waals surface area contributed by atoms with Gasteiger partial charge >= 0.3 is 0 Å². The largest absolute Gasteiger partial charge is 0.409 e. The predicted octanol–water partition coefficient (Wildman–Crippen LogP) is 1.89. The van der Waals surface area contributed by atoms with Gasteiger partial charge < -0.3 is 10.9 Å². The minimum absolute atomic E-state index is 0.0550. The second-order valence-corrected chi connectivity index (χ2v) is 7.47. The van der Waals surface area contributed by atoms with E-state index in [-0.39, 0.29) is 5.84 Å². The monoisotopic (exact) mass is 294 g/mol. The van der Waals surface area contributed by atoms with E-state index in [2.05, 4.69) is 28.9 Å². The number of oxime groups is 1. The number of hydrogen-bond acceptors (Lipinski definition) is 5. The second kappa shape index (κ2) is 6.45. The molecule has 2 rings (SSSR count). The van der Waals surface area contributed by atoms with E-state index in [0.29, 0.717) is 10.4 Å². The quantitative estimate of drug-likeness (QED) is 0.385. The molecular formula is C14H22N4OS.